The summed E-state index contributed by atoms with van der Waals surface area (Å²) < 4.78 is 34.8. The summed E-state index contributed by atoms with van der Waals surface area (Å²) in [7, 11) is -0.130. The number of sulfone groups is 1. The molecule has 0 N–H and O–H groups in total. The van der Waals surface area contributed by atoms with Crippen LogP contribution < -0.4 is 9.47 Å². The average molecular weight is 306 g/mol. The monoisotopic (exact) mass is 306 g/mol. The zero-order chi connectivity index (χ0) is 15.3. The Morgan fingerprint density at radius 2 is 1.24 bits per heavy atom. The summed E-state index contributed by atoms with van der Waals surface area (Å²) in [5.41, 5.74) is 1.44. The Bertz CT molecular complexity index is 652. The van der Waals surface area contributed by atoms with Gasteiger partial charge in [-0.2, -0.15) is 0 Å². The van der Waals surface area contributed by atoms with Crippen molar-refractivity contribution in [3.63, 3.8) is 0 Å². The molecule has 0 unspecified atom stereocenters. The second kappa shape index (κ2) is 6.63. The highest BCUT2D eigenvalue weighted by atomic mass is 32.2. The molecule has 5 heteroatoms. The summed E-state index contributed by atoms with van der Waals surface area (Å²) in [5.74, 6) is 1.29. The highest BCUT2D eigenvalue weighted by molar-refractivity contribution is 7.89. The predicted molar refractivity (Wildman–Crippen MR) is 82.3 cm³/mol. The van der Waals surface area contributed by atoms with Gasteiger partial charge in [0, 0.05) is 0 Å². The zero-order valence-corrected chi connectivity index (χ0v) is 12.9. The second-order valence-corrected chi connectivity index (χ2v) is 6.80. The molecule has 112 valence electrons. The van der Waals surface area contributed by atoms with Crippen LogP contribution >= 0.6 is 0 Å². The molecule has 0 atom stereocenters. The van der Waals surface area contributed by atoms with Gasteiger partial charge in [-0.25, -0.2) is 8.42 Å². The third kappa shape index (κ3) is 4.49. The molecule has 0 saturated heterocycles. The Morgan fingerprint density at radius 3 is 1.62 bits per heavy atom. The largest absolute Gasteiger partial charge is 0.497 e. The summed E-state index contributed by atoms with van der Waals surface area (Å²) in [6.45, 7) is 0. The lowest BCUT2D eigenvalue weighted by atomic mass is 10.2. The van der Waals surface area contributed by atoms with Crippen LogP contribution in [0, 0.1) is 0 Å². The Balaban J connectivity index is 2.14. The Morgan fingerprint density at radius 1 is 0.810 bits per heavy atom. The molecule has 4 nitrogen and oxygen atoms in total. The quantitative estimate of drug-likeness (QED) is 0.823. The van der Waals surface area contributed by atoms with Crippen LogP contribution in [0.25, 0.3) is 0 Å². The molecule has 21 heavy (non-hydrogen) atoms. The minimum atomic E-state index is -3.25. The molecule has 0 spiro atoms. The van der Waals surface area contributed by atoms with E-state index >= 15 is 0 Å². The number of methoxy groups -OCH3 is 2. The predicted octanol–water partition coefficient (Wildman–Crippen LogP) is 2.82. The van der Waals surface area contributed by atoms with Crippen molar-refractivity contribution in [3.05, 3.63) is 59.7 Å². The van der Waals surface area contributed by atoms with E-state index in [1.165, 1.54) is 0 Å². The maximum absolute atomic E-state index is 12.3. The number of hydrogen-bond donors (Lipinski definition) is 0. The van der Waals surface area contributed by atoms with E-state index in [9.17, 15) is 8.42 Å². The van der Waals surface area contributed by atoms with Gasteiger partial charge in [0.15, 0.2) is 9.84 Å². The van der Waals surface area contributed by atoms with E-state index in [-0.39, 0.29) is 11.5 Å². The van der Waals surface area contributed by atoms with Crippen molar-refractivity contribution >= 4 is 9.84 Å². The van der Waals surface area contributed by atoms with Crippen molar-refractivity contribution in [3.8, 4) is 11.5 Å². The van der Waals surface area contributed by atoms with Crippen molar-refractivity contribution in [1.29, 1.82) is 0 Å². The molecular weight excluding hydrogens is 288 g/mol. The molecule has 0 radical (unpaired) electrons. The van der Waals surface area contributed by atoms with E-state index in [1.807, 2.05) is 0 Å². The minimum absolute atomic E-state index is 0.0125. The fraction of sp³-hybridized carbons (Fsp3) is 0.250. The molecule has 0 fully saturated rings. The number of ether oxygens (including phenoxy) is 2. The maximum atomic E-state index is 12.3. The summed E-state index contributed by atoms with van der Waals surface area (Å²) in [4.78, 5) is 0. The molecule has 0 saturated carbocycles. The van der Waals surface area contributed by atoms with Gasteiger partial charge in [-0.05, 0) is 35.4 Å². The molecule has 2 aromatic carbocycles. The SMILES string of the molecule is COc1cccc(CS(=O)(=O)Cc2cccc(OC)c2)c1. The van der Waals surface area contributed by atoms with Gasteiger partial charge < -0.3 is 9.47 Å². The summed E-state index contributed by atoms with van der Waals surface area (Å²) in [6.07, 6.45) is 0. The van der Waals surface area contributed by atoms with Crippen molar-refractivity contribution < 1.29 is 17.9 Å². The Hall–Kier alpha value is -2.01. The van der Waals surface area contributed by atoms with Crippen molar-refractivity contribution in [2.45, 2.75) is 11.5 Å². The first-order valence-electron chi connectivity index (χ1n) is 6.49. The van der Waals surface area contributed by atoms with Gasteiger partial charge in [-0.3, -0.25) is 0 Å². The first-order chi connectivity index (χ1) is 10.0. The fourth-order valence-corrected chi connectivity index (χ4v) is 3.56. The highest BCUT2D eigenvalue weighted by Crippen LogP contribution is 2.19. The van der Waals surface area contributed by atoms with E-state index in [0.29, 0.717) is 11.5 Å². The van der Waals surface area contributed by atoms with Gasteiger partial charge in [0.2, 0.25) is 0 Å². The van der Waals surface area contributed by atoms with Crippen LogP contribution in [0.15, 0.2) is 48.5 Å². The molecule has 0 aliphatic heterocycles. The van der Waals surface area contributed by atoms with Gasteiger partial charge in [0.25, 0.3) is 0 Å². The normalized spacial score (nSPS) is 11.1. The van der Waals surface area contributed by atoms with E-state index in [4.69, 9.17) is 9.47 Å². The third-order valence-corrected chi connectivity index (χ3v) is 4.59. The first-order valence-corrected chi connectivity index (χ1v) is 8.31. The van der Waals surface area contributed by atoms with Crippen LogP contribution in [0.4, 0.5) is 0 Å². The molecule has 0 bridgehead atoms. The molecule has 0 aromatic heterocycles. The molecule has 2 rings (SSSR count). The lowest BCUT2D eigenvalue weighted by Crippen LogP contribution is -2.07. The molecule has 2 aromatic rings. The third-order valence-electron chi connectivity index (χ3n) is 3.04. The van der Waals surface area contributed by atoms with Crippen LogP contribution in [-0.2, 0) is 21.3 Å². The molecular formula is C16H18O4S. The molecule has 0 heterocycles. The zero-order valence-electron chi connectivity index (χ0n) is 12.1. The van der Waals surface area contributed by atoms with E-state index < -0.39 is 9.84 Å². The summed E-state index contributed by atoms with van der Waals surface area (Å²) >= 11 is 0. The molecule has 0 aliphatic carbocycles. The average Bonchev–Trinajstić information content (AvgIpc) is 2.46. The molecule has 0 amide bonds. The first kappa shape index (κ1) is 15.4. The highest BCUT2D eigenvalue weighted by Gasteiger charge is 2.14. The smallest absolute Gasteiger partial charge is 0.158 e. The van der Waals surface area contributed by atoms with Gasteiger partial charge >= 0.3 is 0 Å². The summed E-state index contributed by atoms with van der Waals surface area (Å²) in [6, 6.07) is 14.2. The van der Waals surface area contributed by atoms with Crippen LogP contribution in [0.1, 0.15) is 11.1 Å². The van der Waals surface area contributed by atoms with E-state index in [0.717, 1.165) is 11.1 Å². The van der Waals surface area contributed by atoms with Crippen LogP contribution in [-0.4, -0.2) is 22.6 Å². The van der Waals surface area contributed by atoms with Gasteiger partial charge in [-0.1, -0.05) is 24.3 Å². The number of hydrogen-bond acceptors (Lipinski definition) is 4. The van der Waals surface area contributed by atoms with E-state index in [1.54, 1.807) is 62.8 Å². The maximum Gasteiger partial charge on any atom is 0.158 e. The standard InChI is InChI=1S/C16H18O4S/c1-19-15-7-3-5-13(9-15)11-21(17,18)12-14-6-4-8-16(10-14)20-2/h3-10H,11-12H2,1-2H3. The van der Waals surface area contributed by atoms with Crippen molar-refractivity contribution in [2.24, 2.45) is 0 Å². The van der Waals surface area contributed by atoms with Crippen LogP contribution in [0.5, 0.6) is 11.5 Å². The Labute approximate surface area is 125 Å². The van der Waals surface area contributed by atoms with Crippen LogP contribution in [0.2, 0.25) is 0 Å². The molecule has 0 aliphatic rings. The van der Waals surface area contributed by atoms with Gasteiger partial charge in [-0.15, -0.1) is 0 Å². The summed E-state index contributed by atoms with van der Waals surface area (Å²) in [5, 5.41) is 0. The second-order valence-electron chi connectivity index (χ2n) is 4.74. The number of rotatable bonds is 6. The topological polar surface area (TPSA) is 52.6 Å². The van der Waals surface area contributed by atoms with Gasteiger partial charge in [0.1, 0.15) is 11.5 Å². The Kier molecular flexibility index (Phi) is 4.85. The van der Waals surface area contributed by atoms with Crippen molar-refractivity contribution in [2.75, 3.05) is 14.2 Å². The fourth-order valence-electron chi connectivity index (χ4n) is 2.08. The van der Waals surface area contributed by atoms with Crippen LogP contribution in [0.3, 0.4) is 0 Å². The van der Waals surface area contributed by atoms with Crippen molar-refractivity contribution in [1.82, 2.24) is 0 Å². The minimum Gasteiger partial charge on any atom is -0.497 e. The lowest BCUT2D eigenvalue weighted by Gasteiger charge is -2.07. The number of benzene rings is 2. The lowest BCUT2D eigenvalue weighted by molar-refractivity contribution is 0.414. The van der Waals surface area contributed by atoms with E-state index in [2.05, 4.69) is 0 Å². The van der Waals surface area contributed by atoms with Gasteiger partial charge in [0.05, 0.1) is 25.7 Å².